The average molecular weight is 369 g/mol. The molecule has 10 nitrogen and oxygen atoms in total. The molecule has 1 aliphatic heterocycles. The van der Waals surface area contributed by atoms with Gasteiger partial charge >= 0.3 is 5.97 Å². The molecule has 1 saturated carbocycles. The first-order chi connectivity index (χ1) is 13.1. The van der Waals surface area contributed by atoms with E-state index in [0.29, 0.717) is 23.3 Å². The summed E-state index contributed by atoms with van der Waals surface area (Å²) >= 11 is 0. The smallest absolute Gasteiger partial charge is 0.326 e. The molecule has 0 spiro atoms. The minimum Gasteiger partial charge on any atom is -0.480 e. The van der Waals surface area contributed by atoms with E-state index in [1.807, 2.05) is 24.4 Å². The van der Waals surface area contributed by atoms with Gasteiger partial charge in [-0.15, -0.1) is 0 Å². The van der Waals surface area contributed by atoms with Crippen LogP contribution in [0.4, 0.5) is 17.7 Å². The molecule has 5 rings (SSSR count). The number of fused-ring (bicyclic) bond motifs is 1. The number of aliphatic hydroxyl groups excluding tert-OH is 1. The molecule has 0 aromatic carbocycles. The summed E-state index contributed by atoms with van der Waals surface area (Å²) in [6.07, 6.45) is 3.60. The molecule has 0 radical (unpaired) electrons. The van der Waals surface area contributed by atoms with Crippen molar-refractivity contribution in [3.63, 3.8) is 0 Å². The quantitative estimate of drug-likeness (QED) is 0.526. The molecule has 3 aromatic heterocycles. The summed E-state index contributed by atoms with van der Waals surface area (Å²) in [4.78, 5) is 22.1. The van der Waals surface area contributed by atoms with Gasteiger partial charge in [0, 0.05) is 36.8 Å². The van der Waals surface area contributed by atoms with Crippen LogP contribution >= 0.6 is 0 Å². The third-order valence-corrected chi connectivity index (χ3v) is 5.05. The van der Waals surface area contributed by atoms with Gasteiger partial charge in [0.15, 0.2) is 5.82 Å². The first kappa shape index (κ1) is 16.1. The summed E-state index contributed by atoms with van der Waals surface area (Å²) in [6, 6.07) is 4.78. The van der Waals surface area contributed by atoms with Crippen LogP contribution in [-0.2, 0) is 4.79 Å². The summed E-state index contributed by atoms with van der Waals surface area (Å²) in [6.45, 7) is 0.182. The van der Waals surface area contributed by atoms with Crippen molar-refractivity contribution in [2.24, 2.45) is 0 Å². The van der Waals surface area contributed by atoms with Gasteiger partial charge in [-0.1, -0.05) is 0 Å². The Balaban J connectivity index is 1.51. The Labute approximate surface area is 153 Å². The lowest BCUT2D eigenvalue weighted by Gasteiger charge is -2.21. The lowest BCUT2D eigenvalue weighted by atomic mass is 10.2. The number of carboxylic acid groups (broad SMARTS) is 1. The van der Waals surface area contributed by atoms with Crippen molar-refractivity contribution >= 4 is 29.3 Å². The number of aromatic nitrogens is 5. The summed E-state index contributed by atoms with van der Waals surface area (Å²) in [5.41, 5.74) is 1.73. The number of hydrogen-bond donors (Lipinski definition) is 4. The summed E-state index contributed by atoms with van der Waals surface area (Å²) < 4.78 is 1.78. The van der Waals surface area contributed by atoms with Gasteiger partial charge in [0.25, 0.3) is 0 Å². The fourth-order valence-electron chi connectivity index (χ4n) is 3.52. The number of nitrogens with one attached hydrogen (secondary N) is 2. The zero-order valence-corrected chi connectivity index (χ0v) is 14.4. The topological polar surface area (TPSA) is 132 Å². The van der Waals surface area contributed by atoms with E-state index < -0.39 is 18.1 Å². The number of aliphatic carboxylic acids is 1. The van der Waals surface area contributed by atoms with Crippen molar-refractivity contribution in [3.8, 4) is 0 Å². The van der Waals surface area contributed by atoms with Crippen LogP contribution in [0.5, 0.6) is 0 Å². The second kappa shape index (κ2) is 5.95. The fourth-order valence-corrected chi connectivity index (χ4v) is 3.52. The number of carboxylic acids is 1. The summed E-state index contributed by atoms with van der Waals surface area (Å²) in [5, 5.41) is 29.9. The fraction of sp³-hybridized carbons (Fsp3) is 0.412. The third kappa shape index (κ3) is 2.87. The summed E-state index contributed by atoms with van der Waals surface area (Å²) in [5.74, 6) is 0.960. The Morgan fingerprint density at radius 3 is 2.96 bits per heavy atom. The van der Waals surface area contributed by atoms with Crippen LogP contribution in [-0.4, -0.2) is 59.4 Å². The molecule has 1 aliphatic carbocycles. The van der Waals surface area contributed by atoms with Gasteiger partial charge in [-0.05, 0) is 25.0 Å². The minimum absolute atomic E-state index is 0.151. The number of nitrogens with zero attached hydrogens (tertiary/aromatic N) is 5. The average Bonchev–Trinajstić information content (AvgIpc) is 3.05. The monoisotopic (exact) mass is 369 g/mol. The predicted molar refractivity (Wildman–Crippen MR) is 96.2 cm³/mol. The van der Waals surface area contributed by atoms with Crippen molar-refractivity contribution in [2.45, 2.75) is 37.3 Å². The molecule has 0 unspecified atom stereocenters. The van der Waals surface area contributed by atoms with Crippen molar-refractivity contribution in [2.75, 3.05) is 16.8 Å². The van der Waals surface area contributed by atoms with E-state index in [9.17, 15) is 15.0 Å². The third-order valence-electron chi connectivity index (χ3n) is 5.05. The lowest BCUT2D eigenvalue weighted by Crippen LogP contribution is -2.37. The van der Waals surface area contributed by atoms with Crippen LogP contribution in [0.2, 0.25) is 0 Å². The predicted octanol–water partition coefficient (Wildman–Crippen LogP) is 1.10. The molecule has 2 fully saturated rings. The van der Waals surface area contributed by atoms with Gasteiger partial charge in [-0.2, -0.15) is 15.1 Å². The van der Waals surface area contributed by atoms with E-state index in [2.05, 4.69) is 25.5 Å². The van der Waals surface area contributed by atoms with E-state index in [-0.39, 0.29) is 18.9 Å². The van der Waals surface area contributed by atoms with Crippen molar-refractivity contribution < 1.29 is 15.0 Å². The summed E-state index contributed by atoms with van der Waals surface area (Å²) in [7, 11) is 0. The van der Waals surface area contributed by atoms with Crippen molar-refractivity contribution in [3.05, 3.63) is 30.1 Å². The molecule has 4 heterocycles. The van der Waals surface area contributed by atoms with E-state index >= 15 is 0 Å². The number of rotatable bonds is 5. The minimum atomic E-state index is -0.999. The van der Waals surface area contributed by atoms with Crippen LogP contribution in [0, 0.1) is 0 Å². The molecule has 10 heteroatoms. The van der Waals surface area contributed by atoms with Crippen LogP contribution in [0.3, 0.4) is 0 Å². The van der Waals surface area contributed by atoms with E-state index in [4.69, 9.17) is 0 Å². The second-order valence-corrected chi connectivity index (χ2v) is 7.09. The molecular formula is C17H19N7O3. The van der Waals surface area contributed by atoms with Gasteiger partial charge in [-0.3, -0.25) is 9.50 Å². The maximum atomic E-state index is 11.5. The first-order valence-electron chi connectivity index (χ1n) is 8.93. The number of anilines is 3. The Hall–Kier alpha value is -3.14. The number of H-pyrrole nitrogens is 1. The number of aliphatic hydroxyl groups is 1. The molecule has 1 saturated heterocycles. The highest BCUT2D eigenvalue weighted by molar-refractivity contribution is 5.78. The number of β-amino-alcohol motifs (C(OH)–C–C–N with tert-alkyl or cyclic N) is 1. The van der Waals surface area contributed by atoms with Crippen LogP contribution < -0.4 is 10.2 Å². The Morgan fingerprint density at radius 1 is 1.33 bits per heavy atom. The van der Waals surface area contributed by atoms with Gasteiger partial charge in [0.05, 0.1) is 6.10 Å². The van der Waals surface area contributed by atoms with Gasteiger partial charge < -0.3 is 20.4 Å². The molecule has 0 bridgehead atoms. The zero-order valence-electron chi connectivity index (χ0n) is 14.4. The zero-order chi connectivity index (χ0) is 18.5. The largest absolute Gasteiger partial charge is 0.480 e. The van der Waals surface area contributed by atoms with Crippen LogP contribution in [0.25, 0.3) is 5.65 Å². The highest BCUT2D eigenvalue weighted by atomic mass is 16.4. The molecule has 140 valence electrons. The molecule has 2 atom stereocenters. The first-order valence-corrected chi connectivity index (χ1v) is 8.93. The maximum absolute atomic E-state index is 11.5. The highest BCUT2D eigenvalue weighted by Gasteiger charge is 2.38. The lowest BCUT2D eigenvalue weighted by molar-refractivity contribution is -0.138. The van der Waals surface area contributed by atoms with Crippen molar-refractivity contribution in [1.29, 1.82) is 0 Å². The standard InChI is InChI=1S/C17H19N7O3/c25-10-6-12(15(26)27)24(8-10)17-19-14-2-1-5-23(14)16(20-17)18-13-7-11(21-22-13)9-3-4-9/h1-2,5,7,9-10,12,25H,3-4,6,8H2,(H,26,27)(H2,18,19,20,21,22)/t10-,12+/m1/s1. The molecule has 2 aliphatic rings. The number of aromatic amines is 1. The Kier molecular flexibility index (Phi) is 3.54. The van der Waals surface area contributed by atoms with Gasteiger partial charge in [0.2, 0.25) is 11.9 Å². The number of carbonyl (C=O) groups is 1. The normalized spacial score (nSPS) is 22.5. The highest BCUT2D eigenvalue weighted by Crippen LogP contribution is 2.39. The number of hydrogen-bond acceptors (Lipinski definition) is 7. The van der Waals surface area contributed by atoms with Crippen LogP contribution in [0.1, 0.15) is 30.9 Å². The van der Waals surface area contributed by atoms with Gasteiger partial charge in [-0.25, -0.2) is 4.79 Å². The van der Waals surface area contributed by atoms with E-state index in [0.717, 1.165) is 5.69 Å². The maximum Gasteiger partial charge on any atom is 0.326 e. The molecule has 0 amide bonds. The molecule has 3 aromatic rings. The van der Waals surface area contributed by atoms with E-state index in [1.54, 1.807) is 4.40 Å². The van der Waals surface area contributed by atoms with Crippen LogP contribution in [0.15, 0.2) is 24.4 Å². The van der Waals surface area contributed by atoms with E-state index in [1.165, 1.54) is 17.7 Å². The van der Waals surface area contributed by atoms with Gasteiger partial charge in [0.1, 0.15) is 11.7 Å². The SMILES string of the molecule is O=C(O)[C@@H]1C[C@@H](O)CN1c1nc(Nc2cc(C3CC3)[nH]n2)n2cccc2n1. The molecule has 27 heavy (non-hydrogen) atoms. The molecular weight excluding hydrogens is 350 g/mol. The van der Waals surface area contributed by atoms with Crippen molar-refractivity contribution in [1.82, 2.24) is 24.6 Å². The molecule has 4 N–H and O–H groups in total. The Bertz CT molecular complexity index is 1010. The second-order valence-electron chi connectivity index (χ2n) is 7.09. The Morgan fingerprint density at radius 2 is 2.19 bits per heavy atom.